The highest BCUT2D eigenvalue weighted by Gasteiger charge is 2.27. The van der Waals surface area contributed by atoms with E-state index >= 15 is 0 Å². The van der Waals surface area contributed by atoms with Crippen LogP contribution in [0.5, 0.6) is 11.5 Å². The number of benzene rings is 3. The number of methoxy groups -OCH3 is 1. The molecule has 5 heteroatoms. The zero-order valence-corrected chi connectivity index (χ0v) is 19.7. The van der Waals surface area contributed by atoms with Crippen molar-refractivity contribution in [3.63, 3.8) is 0 Å². The molecule has 0 amide bonds. The van der Waals surface area contributed by atoms with Crippen LogP contribution in [0.15, 0.2) is 54.6 Å². The summed E-state index contributed by atoms with van der Waals surface area (Å²) in [6.45, 7) is 8.56. The molecule has 0 saturated carbocycles. The van der Waals surface area contributed by atoms with Crippen LogP contribution < -0.4 is 14.8 Å². The monoisotopic (exact) mass is 451 g/mol. The predicted octanol–water partition coefficient (Wildman–Crippen LogP) is 7.65. The molecular formula is C27H27ClFNO2. The molecule has 1 N–H and O–H groups in total. The number of anilines is 1. The summed E-state index contributed by atoms with van der Waals surface area (Å²) in [7, 11) is 1.65. The molecule has 0 radical (unpaired) electrons. The molecule has 0 atom stereocenters. The molecule has 0 saturated heterocycles. The van der Waals surface area contributed by atoms with Crippen LogP contribution in [0, 0.1) is 12.7 Å². The van der Waals surface area contributed by atoms with E-state index in [0.717, 1.165) is 44.8 Å². The summed E-state index contributed by atoms with van der Waals surface area (Å²) in [5.74, 6) is 0.928. The van der Waals surface area contributed by atoms with Gasteiger partial charge < -0.3 is 14.8 Å². The molecule has 0 fully saturated rings. The Morgan fingerprint density at radius 2 is 1.75 bits per heavy atom. The maximum atomic E-state index is 13.9. The normalized spacial score (nSPS) is 14.3. The van der Waals surface area contributed by atoms with Crippen molar-refractivity contribution in [3.05, 3.63) is 82.1 Å². The minimum absolute atomic E-state index is 0.163. The number of ether oxygens (including phenoxy) is 2. The Hall–Kier alpha value is -2.98. The number of aryl methyl sites for hydroxylation is 1. The van der Waals surface area contributed by atoms with Gasteiger partial charge in [0, 0.05) is 33.5 Å². The largest absolute Gasteiger partial charge is 0.496 e. The van der Waals surface area contributed by atoms with Crippen molar-refractivity contribution in [2.24, 2.45) is 0 Å². The van der Waals surface area contributed by atoms with Gasteiger partial charge in [0.2, 0.25) is 0 Å². The first-order valence-electron chi connectivity index (χ1n) is 10.6. The van der Waals surface area contributed by atoms with E-state index < -0.39 is 0 Å². The third kappa shape index (κ3) is 4.33. The first-order valence-corrected chi connectivity index (χ1v) is 10.9. The van der Waals surface area contributed by atoms with Gasteiger partial charge in [-0.15, -0.1) is 0 Å². The molecule has 1 aliphatic rings. The van der Waals surface area contributed by atoms with Crippen molar-refractivity contribution < 1.29 is 13.9 Å². The molecule has 0 bridgehead atoms. The van der Waals surface area contributed by atoms with Gasteiger partial charge in [-0.05, 0) is 74.7 Å². The van der Waals surface area contributed by atoms with Crippen LogP contribution in [0.4, 0.5) is 10.1 Å². The highest BCUT2D eigenvalue weighted by Crippen LogP contribution is 2.43. The van der Waals surface area contributed by atoms with Crippen LogP contribution >= 0.6 is 11.6 Å². The molecule has 1 aliphatic heterocycles. The van der Waals surface area contributed by atoms with Gasteiger partial charge in [-0.2, -0.15) is 0 Å². The highest BCUT2D eigenvalue weighted by atomic mass is 35.5. The van der Waals surface area contributed by atoms with Crippen molar-refractivity contribution in [3.8, 4) is 22.6 Å². The summed E-state index contributed by atoms with van der Waals surface area (Å²) >= 11 is 6.34. The maximum absolute atomic E-state index is 13.9. The third-order valence-corrected chi connectivity index (χ3v) is 5.95. The Morgan fingerprint density at radius 1 is 0.969 bits per heavy atom. The fourth-order valence-electron chi connectivity index (χ4n) is 4.37. The van der Waals surface area contributed by atoms with Gasteiger partial charge in [0.25, 0.3) is 0 Å². The van der Waals surface area contributed by atoms with E-state index in [1.807, 2.05) is 25.1 Å². The average molecular weight is 452 g/mol. The van der Waals surface area contributed by atoms with E-state index in [2.05, 4.69) is 44.3 Å². The quantitative estimate of drug-likeness (QED) is 0.432. The van der Waals surface area contributed by atoms with Gasteiger partial charge in [0.15, 0.2) is 0 Å². The fraction of sp³-hybridized carbons (Fsp3) is 0.259. The summed E-state index contributed by atoms with van der Waals surface area (Å²) in [6, 6.07) is 14.3. The summed E-state index contributed by atoms with van der Waals surface area (Å²) in [4.78, 5) is 0. The van der Waals surface area contributed by atoms with Crippen LogP contribution in [0.25, 0.3) is 16.7 Å². The molecule has 3 nitrogen and oxygen atoms in total. The van der Waals surface area contributed by atoms with Gasteiger partial charge in [0.05, 0.1) is 12.6 Å². The first kappa shape index (κ1) is 22.2. The second-order valence-electron chi connectivity index (χ2n) is 8.73. The van der Waals surface area contributed by atoms with Gasteiger partial charge >= 0.3 is 0 Å². The van der Waals surface area contributed by atoms with Gasteiger partial charge in [0.1, 0.15) is 23.9 Å². The molecule has 0 aliphatic carbocycles. The van der Waals surface area contributed by atoms with Crippen molar-refractivity contribution >= 4 is 22.9 Å². The fourth-order valence-corrected chi connectivity index (χ4v) is 4.54. The van der Waals surface area contributed by atoms with E-state index in [0.29, 0.717) is 10.8 Å². The van der Waals surface area contributed by atoms with Crippen LogP contribution in [0.3, 0.4) is 0 Å². The van der Waals surface area contributed by atoms with Crippen molar-refractivity contribution in [1.82, 2.24) is 0 Å². The van der Waals surface area contributed by atoms with Crippen molar-refractivity contribution in [1.29, 1.82) is 0 Å². The minimum atomic E-state index is -0.322. The Balaban J connectivity index is 1.89. The Kier molecular flexibility index (Phi) is 5.91. The second-order valence-corrected chi connectivity index (χ2v) is 9.17. The smallest absolute Gasteiger partial charge is 0.126 e. The number of allylic oxidation sites excluding steroid dienone is 1. The standard InChI is InChI=1S/C27H27ClFNO2/c1-16-6-8-19(29)13-25(16)32-15-22-20(21-12-18(28)7-11-24(21)31-5)9-10-23-26(22)17(2)14-27(3,4)30-23/h6-14,30H,15H2,1-5H3. The lowest BCUT2D eigenvalue weighted by Crippen LogP contribution is -2.32. The summed E-state index contributed by atoms with van der Waals surface area (Å²) in [6.07, 6.45) is 2.21. The molecule has 0 aromatic heterocycles. The van der Waals surface area contributed by atoms with Crippen molar-refractivity contribution in [2.75, 3.05) is 12.4 Å². The molecule has 0 spiro atoms. The molecular weight excluding hydrogens is 425 g/mol. The molecule has 0 unspecified atom stereocenters. The topological polar surface area (TPSA) is 30.5 Å². The Morgan fingerprint density at radius 3 is 2.50 bits per heavy atom. The molecule has 4 rings (SSSR count). The summed E-state index contributed by atoms with van der Waals surface area (Å²) in [5.41, 5.74) is 6.83. The molecule has 3 aromatic carbocycles. The SMILES string of the molecule is COc1ccc(Cl)cc1-c1ccc2c(c1COc1cc(F)ccc1C)C(C)=CC(C)(C)N2. The number of rotatable bonds is 5. The second kappa shape index (κ2) is 8.51. The number of hydrogen-bond acceptors (Lipinski definition) is 3. The van der Waals surface area contributed by atoms with Crippen LogP contribution in [0.1, 0.15) is 37.5 Å². The van der Waals surface area contributed by atoms with Gasteiger partial charge in [-0.1, -0.05) is 29.8 Å². The summed E-state index contributed by atoms with van der Waals surface area (Å²) < 4.78 is 25.7. The third-order valence-electron chi connectivity index (χ3n) is 5.72. The van der Waals surface area contributed by atoms with E-state index in [9.17, 15) is 4.39 Å². The van der Waals surface area contributed by atoms with Crippen molar-refractivity contribution in [2.45, 2.75) is 39.8 Å². The Bertz CT molecular complexity index is 1220. The average Bonchev–Trinajstić information content (AvgIpc) is 2.73. The zero-order valence-electron chi connectivity index (χ0n) is 19.0. The first-order chi connectivity index (χ1) is 15.2. The lowest BCUT2D eigenvalue weighted by Gasteiger charge is -2.33. The van der Waals surface area contributed by atoms with E-state index in [-0.39, 0.29) is 18.0 Å². The zero-order chi connectivity index (χ0) is 23.0. The van der Waals surface area contributed by atoms with Crippen LogP contribution in [-0.2, 0) is 6.61 Å². The lowest BCUT2D eigenvalue weighted by atomic mass is 9.85. The number of halogens is 2. The Labute approximate surface area is 193 Å². The predicted molar refractivity (Wildman–Crippen MR) is 130 cm³/mol. The highest BCUT2D eigenvalue weighted by molar-refractivity contribution is 6.31. The minimum Gasteiger partial charge on any atom is -0.496 e. The molecule has 166 valence electrons. The lowest BCUT2D eigenvalue weighted by molar-refractivity contribution is 0.302. The maximum Gasteiger partial charge on any atom is 0.126 e. The van der Waals surface area contributed by atoms with Crippen LogP contribution in [0.2, 0.25) is 5.02 Å². The van der Waals surface area contributed by atoms with E-state index in [1.165, 1.54) is 12.1 Å². The van der Waals surface area contributed by atoms with Crippen LogP contribution in [-0.4, -0.2) is 12.6 Å². The van der Waals surface area contributed by atoms with Gasteiger partial charge in [-0.25, -0.2) is 4.39 Å². The van der Waals surface area contributed by atoms with E-state index in [4.69, 9.17) is 21.1 Å². The summed E-state index contributed by atoms with van der Waals surface area (Å²) in [5, 5.41) is 4.22. The molecule has 3 aromatic rings. The number of hydrogen-bond donors (Lipinski definition) is 1. The van der Waals surface area contributed by atoms with E-state index in [1.54, 1.807) is 13.2 Å². The molecule has 1 heterocycles. The molecule has 32 heavy (non-hydrogen) atoms. The number of fused-ring (bicyclic) bond motifs is 1. The van der Waals surface area contributed by atoms with Gasteiger partial charge in [-0.3, -0.25) is 0 Å². The number of nitrogens with one attached hydrogen (secondary N) is 1.